The monoisotopic (exact) mass is 232 g/mol. The number of rotatable bonds is 4. The van der Waals surface area contributed by atoms with E-state index in [9.17, 15) is 4.79 Å². The minimum atomic E-state index is 0.139. The number of carbonyl (C=O) groups excluding carboxylic acids is 1. The van der Waals surface area contributed by atoms with Crippen molar-refractivity contribution < 1.29 is 4.79 Å². The Kier molecular flexibility index (Phi) is 4.15. The van der Waals surface area contributed by atoms with Crippen molar-refractivity contribution in [2.75, 3.05) is 11.9 Å². The average molecular weight is 232 g/mol. The molecule has 0 bridgehead atoms. The fourth-order valence-corrected chi connectivity index (χ4v) is 2.26. The van der Waals surface area contributed by atoms with Crippen LogP contribution in [0.4, 0.5) is 5.69 Å². The van der Waals surface area contributed by atoms with Gasteiger partial charge in [0.15, 0.2) is 0 Å². The number of hydrogen-bond donors (Lipinski definition) is 2. The standard InChI is InChI=1S/C14H20N2O/c15-9-2-1-4-11-7-8-13-12(10-11)5-3-6-14(17)16-13/h7-8,10H,1-6,9,15H2,(H,16,17). The number of fused-ring (bicyclic) bond motifs is 1. The first-order valence-corrected chi connectivity index (χ1v) is 6.41. The molecule has 1 heterocycles. The highest BCUT2D eigenvalue weighted by atomic mass is 16.1. The summed E-state index contributed by atoms with van der Waals surface area (Å²) in [6, 6.07) is 6.38. The molecule has 3 N–H and O–H groups in total. The number of benzene rings is 1. The van der Waals surface area contributed by atoms with E-state index in [-0.39, 0.29) is 5.91 Å². The van der Waals surface area contributed by atoms with Crippen LogP contribution in [0, 0.1) is 0 Å². The molecule has 0 saturated carbocycles. The van der Waals surface area contributed by atoms with E-state index in [0.29, 0.717) is 6.42 Å². The maximum atomic E-state index is 11.4. The number of carbonyl (C=O) groups is 1. The molecule has 0 atom stereocenters. The van der Waals surface area contributed by atoms with Gasteiger partial charge in [0.05, 0.1) is 0 Å². The van der Waals surface area contributed by atoms with Crippen LogP contribution in [0.1, 0.15) is 36.8 Å². The van der Waals surface area contributed by atoms with Gasteiger partial charge in [-0.25, -0.2) is 0 Å². The lowest BCUT2D eigenvalue weighted by Gasteiger charge is -2.09. The fourth-order valence-electron chi connectivity index (χ4n) is 2.26. The summed E-state index contributed by atoms with van der Waals surface area (Å²) in [5, 5.41) is 2.96. The van der Waals surface area contributed by atoms with Crippen LogP contribution in [0.5, 0.6) is 0 Å². The molecule has 1 aliphatic rings. The molecule has 1 amide bonds. The number of nitrogens with two attached hydrogens (primary N) is 1. The maximum absolute atomic E-state index is 11.4. The molecule has 92 valence electrons. The number of amides is 1. The molecular formula is C14H20N2O. The molecule has 0 unspecified atom stereocenters. The average Bonchev–Trinajstić information content (AvgIpc) is 2.50. The highest BCUT2D eigenvalue weighted by Gasteiger charge is 2.12. The van der Waals surface area contributed by atoms with Gasteiger partial charge in [0, 0.05) is 12.1 Å². The lowest BCUT2D eigenvalue weighted by molar-refractivity contribution is -0.116. The Morgan fingerprint density at radius 1 is 1.24 bits per heavy atom. The summed E-state index contributed by atoms with van der Waals surface area (Å²) < 4.78 is 0. The van der Waals surface area contributed by atoms with Gasteiger partial charge in [-0.15, -0.1) is 0 Å². The molecule has 0 fully saturated rings. The molecule has 3 heteroatoms. The van der Waals surface area contributed by atoms with Gasteiger partial charge in [0.1, 0.15) is 0 Å². The van der Waals surface area contributed by atoms with Crippen LogP contribution in [0.25, 0.3) is 0 Å². The molecule has 17 heavy (non-hydrogen) atoms. The van der Waals surface area contributed by atoms with Gasteiger partial charge in [0.2, 0.25) is 5.91 Å². The molecule has 0 radical (unpaired) electrons. The van der Waals surface area contributed by atoms with Crippen molar-refractivity contribution in [3.05, 3.63) is 29.3 Å². The van der Waals surface area contributed by atoms with Gasteiger partial charge in [-0.2, -0.15) is 0 Å². The quantitative estimate of drug-likeness (QED) is 0.782. The molecule has 1 aliphatic heterocycles. The normalized spacial score (nSPS) is 15.0. The zero-order chi connectivity index (χ0) is 12.1. The second-order valence-corrected chi connectivity index (χ2v) is 4.64. The van der Waals surface area contributed by atoms with E-state index >= 15 is 0 Å². The Balaban J connectivity index is 2.07. The lowest BCUT2D eigenvalue weighted by atomic mass is 10.0. The number of unbranched alkanes of at least 4 members (excludes halogenated alkanes) is 1. The predicted molar refractivity (Wildman–Crippen MR) is 70.0 cm³/mol. The zero-order valence-electron chi connectivity index (χ0n) is 10.2. The topological polar surface area (TPSA) is 55.1 Å². The second kappa shape index (κ2) is 5.82. The van der Waals surface area contributed by atoms with Gasteiger partial charge < -0.3 is 11.1 Å². The van der Waals surface area contributed by atoms with Gasteiger partial charge in [-0.3, -0.25) is 4.79 Å². The highest BCUT2D eigenvalue weighted by Crippen LogP contribution is 2.23. The molecule has 1 aromatic rings. The van der Waals surface area contributed by atoms with Crippen molar-refractivity contribution in [1.82, 2.24) is 0 Å². The zero-order valence-corrected chi connectivity index (χ0v) is 10.2. The fraction of sp³-hybridized carbons (Fsp3) is 0.500. The molecule has 0 aliphatic carbocycles. The summed E-state index contributed by atoms with van der Waals surface area (Å²) in [5.41, 5.74) is 9.12. The van der Waals surface area contributed by atoms with Gasteiger partial charge >= 0.3 is 0 Å². The SMILES string of the molecule is NCCCCc1ccc2c(c1)CCCC(=O)N2. The van der Waals surface area contributed by atoms with Crippen LogP contribution in [0.15, 0.2) is 18.2 Å². The van der Waals surface area contributed by atoms with Crippen molar-refractivity contribution in [1.29, 1.82) is 0 Å². The van der Waals surface area contributed by atoms with Crippen molar-refractivity contribution >= 4 is 11.6 Å². The van der Waals surface area contributed by atoms with Crippen LogP contribution in [-0.4, -0.2) is 12.5 Å². The summed E-state index contributed by atoms with van der Waals surface area (Å²) in [7, 11) is 0. The Morgan fingerprint density at radius 3 is 2.94 bits per heavy atom. The summed E-state index contributed by atoms with van der Waals surface area (Å²) >= 11 is 0. The molecule has 0 saturated heterocycles. The summed E-state index contributed by atoms with van der Waals surface area (Å²) in [6.45, 7) is 0.765. The third kappa shape index (κ3) is 3.30. The Labute approximate surface area is 102 Å². The third-order valence-corrected chi connectivity index (χ3v) is 3.21. The van der Waals surface area contributed by atoms with Crippen molar-refractivity contribution in [2.45, 2.75) is 38.5 Å². The van der Waals surface area contributed by atoms with Crippen LogP contribution in [-0.2, 0) is 17.6 Å². The summed E-state index contributed by atoms with van der Waals surface area (Å²) in [6.07, 6.45) is 5.88. The van der Waals surface area contributed by atoms with E-state index in [1.807, 2.05) is 6.07 Å². The van der Waals surface area contributed by atoms with Crippen LogP contribution >= 0.6 is 0 Å². The van der Waals surface area contributed by atoms with Crippen LogP contribution in [0.2, 0.25) is 0 Å². The maximum Gasteiger partial charge on any atom is 0.224 e. The minimum Gasteiger partial charge on any atom is -0.330 e. The molecule has 1 aromatic carbocycles. The van der Waals surface area contributed by atoms with Crippen LogP contribution < -0.4 is 11.1 Å². The molecule has 0 aromatic heterocycles. The summed E-state index contributed by atoms with van der Waals surface area (Å²) in [4.78, 5) is 11.4. The molecule has 2 rings (SSSR count). The Morgan fingerprint density at radius 2 is 2.12 bits per heavy atom. The largest absolute Gasteiger partial charge is 0.330 e. The smallest absolute Gasteiger partial charge is 0.224 e. The number of hydrogen-bond acceptors (Lipinski definition) is 2. The van der Waals surface area contributed by atoms with Crippen LogP contribution in [0.3, 0.4) is 0 Å². The van der Waals surface area contributed by atoms with E-state index in [1.165, 1.54) is 11.1 Å². The first-order valence-electron chi connectivity index (χ1n) is 6.41. The molecular weight excluding hydrogens is 212 g/mol. The van der Waals surface area contributed by atoms with Gasteiger partial charge in [-0.1, -0.05) is 12.1 Å². The Bertz CT molecular complexity index is 401. The third-order valence-electron chi connectivity index (χ3n) is 3.21. The van der Waals surface area contributed by atoms with Gasteiger partial charge in [0.25, 0.3) is 0 Å². The minimum absolute atomic E-state index is 0.139. The summed E-state index contributed by atoms with van der Waals surface area (Å²) in [5.74, 6) is 0.139. The van der Waals surface area contributed by atoms with E-state index in [0.717, 1.165) is 44.3 Å². The second-order valence-electron chi connectivity index (χ2n) is 4.64. The first-order chi connectivity index (χ1) is 8.29. The number of aryl methyl sites for hydroxylation is 2. The molecule has 0 spiro atoms. The van der Waals surface area contributed by atoms with E-state index < -0.39 is 0 Å². The number of nitrogens with one attached hydrogen (secondary N) is 1. The van der Waals surface area contributed by atoms with E-state index in [1.54, 1.807) is 0 Å². The van der Waals surface area contributed by atoms with Crippen molar-refractivity contribution in [3.63, 3.8) is 0 Å². The lowest BCUT2D eigenvalue weighted by Crippen LogP contribution is -2.09. The number of anilines is 1. The van der Waals surface area contributed by atoms with E-state index in [2.05, 4.69) is 17.4 Å². The Hall–Kier alpha value is -1.35. The highest BCUT2D eigenvalue weighted by molar-refractivity contribution is 5.92. The van der Waals surface area contributed by atoms with E-state index in [4.69, 9.17) is 5.73 Å². The van der Waals surface area contributed by atoms with Gasteiger partial charge in [-0.05, 0) is 55.8 Å². The molecule has 3 nitrogen and oxygen atoms in total. The predicted octanol–water partition coefficient (Wildman–Crippen LogP) is 2.24. The van der Waals surface area contributed by atoms with Crippen molar-refractivity contribution in [3.8, 4) is 0 Å². The van der Waals surface area contributed by atoms with Crippen molar-refractivity contribution in [2.24, 2.45) is 5.73 Å². The first kappa shape index (κ1) is 12.1.